The molecular formula is C16H13ClN4O3S. The number of carbonyl (C=O) groups is 1. The highest BCUT2D eigenvalue weighted by Crippen LogP contribution is 2.24. The van der Waals surface area contributed by atoms with Crippen molar-refractivity contribution in [3.63, 3.8) is 0 Å². The lowest BCUT2D eigenvalue weighted by atomic mass is 10.2. The van der Waals surface area contributed by atoms with Gasteiger partial charge in [-0.05, 0) is 30.3 Å². The van der Waals surface area contributed by atoms with E-state index in [2.05, 4.69) is 15.4 Å². The highest BCUT2D eigenvalue weighted by Gasteiger charge is 2.17. The monoisotopic (exact) mass is 376 g/mol. The topological polar surface area (TPSA) is 94.0 Å². The molecule has 1 N–H and O–H groups in total. The van der Waals surface area contributed by atoms with Crippen LogP contribution < -0.4 is 5.32 Å². The Balaban J connectivity index is 1.97. The van der Waals surface area contributed by atoms with Crippen molar-refractivity contribution in [2.45, 2.75) is 4.90 Å². The lowest BCUT2D eigenvalue weighted by Crippen LogP contribution is -2.15. The van der Waals surface area contributed by atoms with Gasteiger partial charge in [-0.25, -0.2) is 18.1 Å². The standard InChI is InChI=1S/C16H13ClN4O3S/c1-25(23,24)11-6-7-13(17)12(8-11)16(22)20-14-4-2-3-5-15(14)21-10-18-9-19-21/h2-10H,1H3,(H,20,22). The van der Waals surface area contributed by atoms with Gasteiger partial charge < -0.3 is 5.32 Å². The second-order valence-corrected chi connectivity index (χ2v) is 7.65. The second kappa shape index (κ2) is 6.66. The van der Waals surface area contributed by atoms with Crippen LogP contribution in [0.25, 0.3) is 5.69 Å². The molecule has 3 aromatic rings. The predicted octanol–water partition coefficient (Wildman–Crippen LogP) is 2.58. The van der Waals surface area contributed by atoms with Crippen LogP contribution in [-0.2, 0) is 9.84 Å². The zero-order chi connectivity index (χ0) is 18.0. The minimum Gasteiger partial charge on any atom is -0.320 e. The molecule has 7 nitrogen and oxygen atoms in total. The molecule has 0 atom stereocenters. The van der Waals surface area contributed by atoms with Crippen molar-refractivity contribution < 1.29 is 13.2 Å². The van der Waals surface area contributed by atoms with Crippen LogP contribution in [0.1, 0.15) is 10.4 Å². The minimum atomic E-state index is -3.45. The van der Waals surface area contributed by atoms with Crippen LogP contribution in [0.5, 0.6) is 0 Å². The number of rotatable bonds is 4. The van der Waals surface area contributed by atoms with Crippen molar-refractivity contribution in [3.8, 4) is 5.69 Å². The Labute approximate surface area is 149 Å². The molecule has 0 saturated carbocycles. The Bertz CT molecular complexity index is 1030. The van der Waals surface area contributed by atoms with E-state index in [1.165, 1.54) is 35.5 Å². The number of aromatic nitrogens is 3. The van der Waals surface area contributed by atoms with Gasteiger partial charge in [0.1, 0.15) is 12.7 Å². The van der Waals surface area contributed by atoms with E-state index >= 15 is 0 Å². The smallest absolute Gasteiger partial charge is 0.257 e. The molecule has 0 spiro atoms. The summed E-state index contributed by atoms with van der Waals surface area (Å²) < 4.78 is 24.9. The number of benzene rings is 2. The Kier molecular flexibility index (Phi) is 4.56. The number of sulfone groups is 1. The maximum Gasteiger partial charge on any atom is 0.257 e. The van der Waals surface area contributed by atoms with Gasteiger partial charge in [-0.1, -0.05) is 23.7 Å². The third kappa shape index (κ3) is 3.70. The van der Waals surface area contributed by atoms with Crippen LogP contribution in [-0.4, -0.2) is 35.3 Å². The van der Waals surface area contributed by atoms with Crippen LogP contribution >= 0.6 is 11.6 Å². The first-order valence-corrected chi connectivity index (χ1v) is 9.38. The molecule has 2 aromatic carbocycles. The fraction of sp³-hybridized carbons (Fsp3) is 0.0625. The first-order valence-electron chi connectivity index (χ1n) is 7.11. The predicted molar refractivity (Wildman–Crippen MR) is 93.9 cm³/mol. The van der Waals surface area contributed by atoms with E-state index in [-0.39, 0.29) is 15.5 Å². The van der Waals surface area contributed by atoms with E-state index in [4.69, 9.17) is 11.6 Å². The van der Waals surface area contributed by atoms with Gasteiger partial charge in [0.05, 0.1) is 26.9 Å². The van der Waals surface area contributed by atoms with E-state index < -0.39 is 15.7 Å². The van der Waals surface area contributed by atoms with E-state index in [1.54, 1.807) is 24.3 Å². The highest BCUT2D eigenvalue weighted by atomic mass is 35.5. The Morgan fingerprint density at radius 1 is 1.20 bits per heavy atom. The van der Waals surface area contributed by atoms with E-state index in [0.29, 0.717) is 11.4 Å². The molecular weight excluding hydrogens is 364 g/mol. The van der Waals surface area contributed by atoms with E-state index in [0.717, 1.165) is 6.26 Å². The van der Waals surface area contributed by atoms with Crippen LogP contribution in [0.15, 0.2) is 60.0 Å². The maximum absolute atomic E-state index is 12.6. The number of amides is 1. The average Bonchev–Trinajstić information content (AvgIpc) is 3.09. The number of nitrogens with zero attached hydrogens (tertiary/aromatic N) is 3. The molecule has 0 unspecified atom stereocenters. The lowest BCUT2D eigenvalue weighted by Gasteiger charge is -2.12. The molecule has 0 bridgehead atoms. The van der Waals surface area contributed by atoms with Gasteiger partial charge in [0, 0.05) is 6.26 Å². The zero-order valence-electron chi connectivity index (χ0n) is 13.0. The van der Waals surface area contributed by atoms with Crippen molar-refractivity contribution >= 4 is 33.0 Å². The summed E-state index contributed by atoms with van der Waals surface area (Å²) >= 11 is 6.06. The number of hydrogen-bond donors (Lipinski definition) is 1. The largest absolute Gasteiger partial charge is 0.320 e. The van der Waals surface area contributed by atoms with E-state index in [1.807, 2.05) is 0 Å². The van der Waals surface area contributed by atoms with Crippen molar-refractivity contribution in [2.75, 3.05) is 11.6 Å². The summed E-state index contributed by atoms with van der Waals surface area (Å²) in [5.41, 5.74) is 1.17. The quantitative estimate of drug-likeness (QED) is 0.755. The summed E-state index contributed by atoms with van der Waals surface area (Å²) in [6, 6.07) is 11.0. The number of nitrogens with one attached hydrogen (secondary N) is 1. The van der Waals surface area contributed by atoms with E-state index in [9.17, 15) is 13.2 Å². The van der Waals surface area contributed by atoms with Crippen molar-refractivity contribution in [3.05, 3.63) is 65.7 Å². The molecule has 1 amide bonds. The van der Waals surface area contributed by atoms with Crippen molar-refractivity contribution in [2.24, 2.45) is 0 Å². The summed E-state index contributed by atoms with van der Waals surface area (Å²) in [4.78, 5) is 16.5. The molecule has 1 aromatic heterocycles. The summed E-state index contributed by atoms with van der Waals surface area (Å²) in [5, 5.41) is 6.92. The first kappa shape index (κ1) is 17.1. The molecule has 0 radical (unpaired) electrons. The van der Waals surface area contributed by atoms with Gasteiger partial charge in [-0.2, -0.15) is 5.10 Å². The summed E-state index contributed by atoms with van der Waals surface area (Å²) in [6.45, 7) is 0. The van der Waals surface area contributed by atoms with Crippen molar-refractivity contribution in [1.29, 1.82) is 0 Å². The minimum absolute atomic E-state index is 0.0200. The third-order valence-corrected chi connectivity index (χ3v) is 4.87. The number of carbonyl (C=O) groups excluding carboxylic acids is 1. The van der Waals surface area contributed by atoms with Gasteiger partial charge in [0.2, 0.25) is 0 Å². The van der Waals surface area contributed by atoms with Crippen LogP contribution in [0.4, 0.5) is 5.69 Å². The molecule has 9 heteroatoms. The number of para-hydroxylation sites is 2. The molecule has 0 aliphatic carbocycles. The fourth-order valence-corrected chi connectivity index (χ4v) is 3.06. The van der Waals surface area contributed by atoms with Crippen LogP contribution in [0.2, 0.25) is 5.02 Å². The van der Waals surface area contributed by atoms with Gasteiger partial charge >= 0.3 is 0 Å². The number of halogens is 1. The van der Waals surface area contributed by atoms with Gasteiger partial charge in [-0.3, -0.25) is 4.79 Å². The van der Waals surface area contributed by atoms with Crippen molar-refractivity contribution in [1.82, 2.24) is 14.8 Å². The molecule has 0 saturated heterocycles. The molecule has 0 aliphatic rings. The SMILES string of the molecule is CS(=O)(=O)c1ccc(Cl)c(C(=O)Nc2ccccc2-n2cncn2)c1. The lowest BCUT2D eigenvalue weighted by molar-refractivity contribution is 0.102. The summed E-state index contributed by atoms with van der Waals surface area (Å²) in [5.74, 6) is -0.525. The summed E-state index contributed by atoms with van der Waals surface area (Å²) in [6.07, 6.45) is 3.95. The van der Waals surface area contributed by atoms with Gasteiger partial charge in [0.25, 0.3) is 5.91 Å². The second-order valence-electron chi connectivity index (χ2n) is 5.23. The first-order chi connectivity index (χ1) is 11.9. The molecule has 128 valence electrons. The average molecular weight is 377 g/mol. The molecule has 0 fully saturated rings. The van der Waals surface area contributed by atoms with Crippen LogP contribution in [0.3, 0.4) is 0 Å². The molecule has 0 aliphatic heterocycles. The number of anilines is 1. The molecule has 1 heterocycles. The summed E-state index contributed by atoms with van der Waals surface area (Å²) in [7, 11) is -3.45. The third-order valence-electron chi connectivity index (χ3n) is 3.43. The van der Waals surface area contributed by atoms with Gasteiger partial charge in [-0.15, -0.1) is 0 Å². The fourth-order valence-electron chi connectivity index (χ4n) is 2.21. The maximum atomic E-state index is 12.6. The van der Waals surface area contributed by atoms with Crippen LogP contribution in [0, 0.1) is 0 Å². The molecule has 25 heavy (non-hydrogen) atoms. The highest BCUT2D eigenvalue weighted by molar-refractivity contribution is 7.90. The normalized spacial score (nSPS) is 11.3. The zero-order valence-corrected chi connectivity index (χ0v) is 14.6. The Morgan fingerprint density at radius 3 is 2.64 bits per heavy atom. The molecule has 3 rings (SSSR count). The Hall–Kier alpha value is -2.71. The Morgan fingerprint density at radius 2 is 1.96 bits per heavy atom. The van der Waals surface area contributed by atoms with Gasteiger partial charge in [0.15, 0.2) is 9.84 Å². The number of hydrogen-bond acceptors (Lipinski definition) is 5.